The second-order valence-corrected chi connectivity index (χ2v) is 5.72. The van der Waals surface area contributed by atoms with E-state index < -0.39 is 11.7 Å². The average molecular weight is 316 g/mol. The summed E-state index contributed by atoms with van der Waals surface area (Å²) in [6.45, 7) is 1.85. The number of ether oxygens (including phenoxy) is 2. The van der Waals surface area contributed by atoms with E-state index in [2.05, 4.69) is 4.74 Å². The van der Waals surface area contributed by atoms with Gasteiger partial charge in [0.25, 0.3) is 0 Å². The maximum atomic E-state index is 12.9. The standard InChI is InChI=1S/C16H19F3O3/c1-9(6-10-7-13(10)15(20)22-3)12-8-11(16(17,18)19)4-5-14(12)21-2/h4-5,8-10,13H,6-7H2,1-3H3. The molecule has 2 rings (SSSR count). The zero-order chi connectivity index (χ0) is 16.5. The largest absolute Gasteiger partial charge is 0.496 e. The third-order valence-corrected chi connectivity index (χ3v) is 4.17. The van der Waals surface area contributed by atoms with Gasteiger partial charge in [0.15, 0.2) is 0 Å². The van der Waals surface area contributed by atoms with Crippen LogP contribution in [0.5, 0.6) is 5.75 Å². The summed E-state index contributed by atoms with van der Waals surface area (Å²) in [5.74, 6) is 0.117. The van der Waals surface area contributed by atoms with Crippen LogP contribution in [0, 0.1) is 11.8 Å². The van der Waals surface area contributed by atoms with Gasteiger partial charge in [-0.2, -0.15) is 13.2 Å². The van der Waals surface area contributed by atoms with Crippen molar-refractivity contribution in [3.63, 3.8) is 0 Å². The molecule has 1 saturated carbocycles. The number of methoxy groups -OCH3 is 2. The summed E-state index contributed by atoms with van der Waals surface area (Å²) in [6, 6.07) is 3.50. The van der Waals surface area contributed by atoms with Crippen LogP contribution in [-0.4, -0.2) is 20.2 Å². The van der Waals surface area contributed by atoms with Crippen LogP contribution in [0.25, 0.3) is 0 Å². The molecular weight excluding hydrogens is 297 g/mol. The smallest absolute Gasteiger partial charge is 0.416 e. The van der Waals surface area contributed by atoms with E-state index in [0.717, 1.165) is 18.6 Å². The molecule has 0 aromatic heterocycles. The van der Waals surface area contributed by atoms with Crippen LogP contribution in [0.3, 0.4) is 0 Å². The van der Waals surface area contributed by atoms with Gasteiger partial charge >= 0.3 is 12.1 Å². The normalized spacial score (nSPS) is 22.1. The average Bonchev–Trinajstić information content (AvgIpc) is 3.23. The highest BCUT2D eigenvalue weighted by Gasteiger charge is 2.44. The summed E-state index contributed by atoms with van der Waals surface area (Å²) in [6.07, 6.45) is -3.01. The van der Waals surface area contributed by atoms with Crippen LogP contribution < -0.4 is 4.74 Å². The summed E-state index contributed by atoms with van der Waals surface area (Å²) in [4.78, 5) is 11.4. The number of benzene rings is 1. The van der Waals surface area contributed by atoms with Gasteiger partial charge < -0.3 is 9.47 Å². The number of carbonyl (C=O) groups excluding carboxylic acids is 1. The Morgan fingerprint density at radius 2 is 2.05 bits per heavy atom. The predicted molar refractivity (Wildman–Crippen MR) is 74.6 cm³/mol. The van der Waals surface area contributed by atoms with Crippen LogP contribution in [0.1, 0.15) is 36.8 Å². The van der Waals surface area contributed by atoms with E-state index in [-0.39, 0.29) is 23.7 Å². The lowest BCUT2D eigenvalue weighted by molar-refractivity contribution is -0.142. The van der Waals surface area contributed by atoms with Crippen molar-refractivity contribution in [3.8, 4) is 5.75 Å². The van der Waals surface area contributed by atoms with Crippen molar-refractivity contribution >= 4 is 5.97 Å². The number of rotatable bonds is 5. The number of carbonyl (C=O) groups is 1. The highest BCUT2D eigenvalue weighted by Crippen LogP contribution is 2.47. The molecule has 3 atom stereocenters. The van der Waals surface area contributed by atoms with Crippen molar-refractivity contribution in [2.75, 3.05) is 14.2 Å². The zero-order valence-corrected chi connectivity index (χ0v) is 12.7. The lowest BCUT2D eigenvalue weighted by Gasteiger charge is -2.18. The van der Waals surface area contributed by atoms with E-state index in [1.165, 1.54) is 20.3 Å². The van der Waals surface area contributed by atoms with E-state index in [0.29, 0.717) is 17.7 Å². The molecular formula is C16H19F3O3. The number of halogens is 3. The first-order valence-electron chi connectivity index (χ1n) is 7.10. The molecule has 3 nitrogen and oxygen atoms in total. The molecule has 1 fully saturated rings. The van der Waals surface area contributed by atoms with Crippen LogP contribution >= 0.6 is 0 Å². The third kappa shape index (κ3) is 3.54. The van der Waals surface area contributed by atoms with Crippen molar-refractivity contribution < 1.29 is 27.4 Å². The second kappa shape index (κ2) is 6.18. The Kier molecular flexibility index (Phi) is 4.68. The highest BCUT2D eigenvalue weighted by molar-refractivity contribution is 5.75. The maximum Gasteiger partial charge on any atom is 0.416 e. The van der Waals surface area contributed by atoms with Crippen molar-refractivity contribution in [2.45, 2.75) is 31.9 Å². The molecule has 1 aliphatic carbocycles. The molecule has 0 aliphatic heterocycles. The number of hydrogen-bond donors (Lipinski definition) is 0. The first-order chi connectivity index (χ1) is 10.3. The molecule has 6 heteroatoms. The van der Waals surface area contributed by atoms with E-state index >= 15 is 0 Å². The first-order valence-corrected chi connectivity index (χ1v) is 7.10. The topological polar surface area (TPSA) is 35.5 Å². The van der Waals surface area contributed by atoms with Gasteiger partial charge in [0.05, 0.1) is 25.7 Å². The minimum Gasteiger partial charge on any atom is -0.496 e. The lowest BCUT2D eigenvalue weighted by Crippen LogP contribution is -2.09. The van der Waals surface area contributed by atoms with Crippen LogP contribution in [-0.2, 0) is 15.7 Å². The minimum atomic E-state index is -4.38. The van der Waals surface area contributed by atoms with Crippen molar-refractivity contribution in [1.82, 2.24) is 0 Å². The monoisotopic (exact) mass is 316 g/mol. The van der Waals surface area contributed by atoms with Crippen molar-refractivity contribution in [3.05, 3.63) is 29.3 Å². The lowest BCUT2D eigenvalue weighted by atomic mass is 9.92. The predicted octanol–water partition coefficient (Wildman–Crippen LogP) is 4.02. The van der Waals surface area contributed by atoms with Crippen molar-refractivity contribution in [1.29, 1.82) is 0 Å². The highest BCUT2D eigenvalue weighted by atomic mass is 19.4. The molecule has 1 aliphatic rings. The van der Waals surface area contributed by atoms with E-state index in [1.54, 1.807) is 0 Å². The fourth-order valence-electron chi connectivity index (χ4n) is 2.83. The van der Waals surface area contributed by atoms with E-state index in [4.69, 9.17) is 4.74 Å². The fraction of sp³-hybridized carbons (Fsp3) is 0.562. The summed E-state index contributed by atoms with van der Waals surface area (Å²) in [5.41, 5.74) is -0.164. The molecule has 1 aromatic carbocycles. The van der Waals surface area contributed by atoms with Gasteiger partial charge in [-0.05, 0) is 48.4 Å². The van der Waals surface area contributed by atoms with Gasteiger partial charge in [-0.1, -0.05) is 6.92 Å². The molecule has 1 aromatic rings. The van der Waals surface area contributed by atoms with Gasteiger partial charge in [0, 0.05) is 0 Å². The Labute approximate surface area is 127 Å². The third-order valence-electron chi connectivity index (χ3n) is 4.17. The SMILES string of the molecule is COC(=O)C1CC1CC(C)c1cc(C(F)(F)F)ccc1OC. The molecule has 0 radical (unpaired) electrons. The van der Waals surface area contributed by atoms with Crippen molar-refractivity contribution in [2.24, 2.45) is 11.8 Å². The molecule has 0 saturated heterocycles. The molecule has 0 bridgehead atoms. The van der Waals surface area contributed by atoms with Gasteiger partial charge in [0.2, 0.25) is 0 Å². The first kappa shape index (κ1) is 16.6. The molecule has 3 unspecified atom stereocenters. The Bertz CT molecular complexity index is 554. The Morgan fingerprint density at radius 1 is 1.36 bits per heavy atom. The molecule has 0 heterocycles. The molecule has 0 N–H and O–H groups in total. The molecule has 122 valence electrons. The fourth-order valence-corrected chi connectivity index (χ4v) is 2.83. The quantitative estimate of drug-likeness (QED) is 0.770. The Morgan fingerprint density at radius 3 is 2.59 bits per heavy atom. The summed E-state index contributed by atoms with van der Waals surface area (Å²) in [5, 5.41) is 0. The summed E-state index contributed by atoms with van der Waals surface area (Å²) < 4.78 is 48.4. The summed E-state index contributed by atoms with van der Waals surface area (Å²) in [7, 11) is 2.78. The van der Waals surface area contributed by atoms with E-state index in [1.807, 2.05) is 6.92 Å². The Balaban J connectivity index is 2.15. The van der Waals surface area contributed by atoms with E-state index in [9.17, 15) is 18.0 Å². The van der Waals surface area contributed by atoms with Crippen LogP contribution in [0.4, 0.5) is 13.2 Å². The molecule has 22 heavy (non-hydrogen) atoms. The molecule has 0 spiro atoms. The van der Waals surface area contributed by atoms with Gasteiger partial charge in [-0.25, -0.2) is 0 Å². The number of alkyl halides is 3. The van der Waals surface area contributed by atoms with Gasteiger partial charge in [-0.3, -0.25) is 4.79 Å². The zero-order valence-electron chi connectivity index (χ0n) is 12.7. The number of esters is 1. The van der Waals surface area contributed by atoms with Gasteiger partial charge in [-0.15, -0.1) is 0 Å². The summed E-state index contributed by atoms with van der Waals surface area (Å²) >= 11 is 0. The second-order valence-electron chi connectivity index (χ2n) is 5.72. The van der Waals surface area contributed by atoms with Gasteiger partial charge in [0.1, 0.15) is 5.75 Å². The number of hydrogen-bond acceptors (Lipinski definition) is 3. The maximum absolute atomic E-state index is 12.9. The molecule has 0 amide bonds. The Hall–Kier alpha value is -1.72. The minimum absolute atomic E-state index is 0.121. The van der Waals surface area contributed by atoms with Crippen LogP contribution in [0.15, 0.2) is 18.2 Å². The van der Waals surface area contributed by atoms with Crippen LogP contribution in [0.2, 0.25) is 0 Å².